The molecule has 0 radical (unpaired) electrons. The molecule has 0 heterocycles. The lowest BCUT2D eigenvalue weighted by molar-refractivity contribution is -0.134. The molecule has 28 heavy (non-hydrogen) atoms. The number of hydrogen-bond donors (Lipinski definition) is 2. The number of carbonyl (C=O) groups excluding carboxylic acids is 2. The van der Waals surface area contributed by atoms with Crippen LogP contribution in [0, 0.1) is 19.3 Å². The Kier molecular flexibility index (Phi) is 5.87. The average Bonchev–Trinajstić information content (AvgIpc) is 3.47. The molecule has 6 heteroatoms. The molecule has 2 aromatic rings. The molecule has 0 bridgehead atoms. The molecule has 1 fully saturated rings. The molecule has 2 aromatic carbocycles. The fraction of sp³-hybridized carbons (Fsp3) is 0.364. The van der Waals surface area contributed by atoms with Crippen LogP contribution >= 0.6 is 0 Å². The molecule has 3 rings (SSSR count). The van der Waals surface area contributed by atoms with Crippen LogP contribution in [-0.2, 0) is 9.59 Å². The maximum atomic E-state index is 12.7. The highest BCUT2D eigenvalue weighted by atomic mass is 16.5. The van der Waals surface area contributed by atoms with Crippen LogP contribution in [-0.4, -0.2) is 32.1 Å². The zero-order valence-corrected chi connectivity index (χ0v) is 16.5. The lowest BCUT2D eigenvalue weighted by atomic mass is 10.0. The number of nitrogens with one attached hydrogen (secondary N) is 2. The molecule has 1 saturated carbocycles. The second-order valence-corrected chi connectivity index (χ2v) is 7.19. The summed E-state index contributed by atoms with van der Waals surface area (Å²) in [6.07, 6.45) is 1.13. The lowest BCUT2D eigenvalue weighted by Gasteiger charge is -2.16. The summed E-state index contributed by atoms with van der Waals surface area (Å²) in [6.45, 7) is 4.62. The van der Waals surface area contributed by atoms with Crippen molar-refractivity contribution in [3.63, 3.8) is 0 Å². The van der Waals surface area contributed by atoms with Gasteiger partial charge in [0.15, 0.2) is 0 Å². The van der Waals surface area contributed by atoms with Crippen molar-refractivity contribution in [1.29, 1.82) is 0 Å². The Hall–Kier alpha value is -3.02. The number of amides is 2. The number of ether oxygens (including phenoxy) is 2. The first-order chi connectivity index (χ1) is 13.4. The first kappa shape index (κ1) is 19.7. The van der Waals surface area contributed by atoms with Crippen LogP contribution in [0.15, 0.2) is 42.5 Å². The number of hydrogen-bond acceptors (Lipinski definition) is 4. The minimum absolute atomic E-state index is 0.243. The van der Waals surface area contributed by atoms with Crippen molar-refractivity contribution in [2.75, 3.05) is 25.6 Å². The summed E-state index contributed by atoms with van der Waals surface area (Å²) in [5, 5.41) is 5.71. The Morgan fingerprint density at radius 3 is 2.14 bits per heavy atom. The van der Waals surface area contributed by atoms with Gasteiger partial charge < -0.3 is 20.1 Å². The molecule has 0 atom stereocenters. The highest BCUT2D eigenvalue weighted by Crippen LogP contribution is 2.46. The van der Waals surface area contributed by atoms with E-state index < -0.39 is 5.41 Å². The SMILES string of the molecule is COc1ccc(OCCNC(=O)C2(C(=O)Nc3cc(C)cc(C)c3)CC2)cc1. The summed E-state index contributed by atoms with van der Waals surface area (Å²) in [6, 6.07) is 13.1. The third-order valence-electron chi connectivity index (χ3n) is 4.81. The predicted octanol–water partition coefficient (Wildman–Crippen LogP) is 3.23. The van der Waals surface area contributed by atoms with Gasteiger partial charge in [0.25, 0.3) is 0 Å². The summed E-state index contributed by atoms with van der Waals surface area (Å²) < 4.78 is 10.7. The quantitative estimate of drug-likeness (QED) is 0.543. The Labute approximate surface area is 165 Å². The first-order valence-corrected chi connectivity index (χ1v) is 9.38. The van der Waals surface area contributed by atoms with E-state index in [-0.39, 0.29) is 11.8 Å². The normalized spacial score (nSPS) is 14.1. The molecule has 1 aliphatic rings. The standard InChI is InChI=1S/C22H26N2O4/c1-15-12-16(2)14-17(13-15)24-21(26)22(8-9-22)20(25)23-10-11-28-19-6-4-18(27-3)5-7-19/h4-7,12-14H,8-11H2,1-3H3,(H,23,25)(H,24,26). The van der Waals surface area contributed by atoms with Gasteiger partial charge in [-0.3, -0.25) is 9.59 Å². The number of aryl methyl sites for hydroxylation is 2. The van der Waals surface area contributed by atoms with Crippen LogP contribution in [0.25, 0.3) is 0 Å². The van der Waals surface area contributed by atoms with Gasteiger partial charge >= 0.3 is 0 Å². The largest absolute Gasteiger partial charge is 0.497 e. The summed E-state index contributed by atoms with van der Waals surface area (Å²) >= 11 is 0. The van der Waals surface area contributed by atoms with E-state index in [1.54, 1.807) is 19.2 Å². The van der Waals surface area contributed by atoms with Crippen molar-refractivity contribution in [3.8, 4) is 11.5 Å². The first-order valence-electron chi connectivity index (χ1n) is 9.38. The van der Waals surface area contributed by atoms with Gasteiger partial charge in [-0.05, 0) is 74.2 Å². The van der Waals surface area contributed by atoms with Gasteiger partial charge in [-0.1, -0.05) is 6.07 Å². The van der Waals surface area contributed by atoms with Gasteiger partial charge in [-0.2, -0.15) is 0 Å². The van der Waals surface area contributed by atoms with Gasteiger partial charge in [0.1, 0.15) is 23.5 Å². The Bertz CT molecular complexity index is 837. The maximum Gasteiger partial charge on any atom is 0.240 e. The van der Waals surface area contributed by atoms with Gasteiger partial charge in [-0.15, -0.1) is 0 Å². The van der Waals surface area contributed by atoms with Gasteiger partial charge in [-0.25, -0.2) is 0 Å². The monoisotopic (exact) mass is 382 g/mol. The van der Waals surface area contributed by atoms with Crippen LogP contribution in [0.3, 0.4) is 0 Å². The number of carbonyl (C=O) groups is 2. The van der Waals surface area contributed by atoms with E-state index in [2.05, 4.69) is 10.6 Å². The zero-order valence-electron chi connectivity index (χ0n) is 16.5. The Balaban J connectivity index is 1.48. The molecule has 0 saturated heterocycles. The molecule has 0 aliphatic heterocycles. The number of methoxy groups -OCH3 is 1. The molecule has 148 valence electrons. The molecule has 0 spiro atoms. The fourth-order valence-corrected chi connectivity index (χ4v) is 3.15. The van der Waals surface area contributed by atoms with Gasteiger partial charge in [0, 0.05) is 5.69 Å². The van der Waals surface area contributed by atoms with E-state index in [0.717, 1.165) is 22.6 Å². The Morgan fingerprint density at radius 1 is 0.964 bits per heavy atom. The third kappa shape index (κ3) is 4.63. The van der Waals surface area contributed by atoms with E-state index in [9.17, 15) is 9.59 Å². The van der Waals surface area contributed by atoms with Gasteiger partial charge in [0.2, 0.25) is 11.8 Å². The minimum Gasteiger partial charge on any atom is -0.497 e. The van der Waals surface area contributed by atoms with Crippen molar-refractivity contribution in [3.05, 3.63) is 53.6 Å². The van der Waals surface area contributed by atoms with Crippen molar-refractivity contribution < 1.29 is 19.1 Å². The molecular formula is C22H26N2O4. The third-order valence-corrected chi connectivity index (χ3v) is 4.81. The molecule has 2 amide bonds. The maximum absolute atomic E-state index is 12.7. The molecule has 2 N–H and O–H groups in total. The topological polar surface area (TPSA) is 76.7 Å². The number of benzene rings is 2. The van der Waals surface area contributed by atoms with Gasteiger partial charge in [0.05, 0.1) is 13.7 Å². The van der Waals surface area contributed by atoms with Crippen LogP contribution in [0.1, 0.15) is 24.0 Å². The summed E-state index contributed by atoms with van der Waals surface area (Å²) in [4.78, 5) is 25.2. The van der Waals surface area contributed by atoms with Crippen molar-refractivity contribution in [2.24, 2.45) is 5.41 Å². The van der Waals surface area contributed by atoms with E-state index in [1.165, 1.54) is 0 Å². The second-order valence-electron chi connectivity index (χ2n) is 7.19. The van der Waals surface area contributed by atoms with E-state index in [0.29, 0.717) is 31.7 Å². The molecule has 0 aromatic heterocycles. The van der Waals surface area contributed by atoms with E-state index in [1.807, 2.05) is 44.2 Å². The number of rotatable bonds is 8. The molecular weight excluding hydrogens is 356 g/mol. The number of anilines is 1. The summed E-state index contributed by atoms with van der Waals surface area (Å²) in [5.74, 6) is 0.966. The summed E-state index contributed by atoms with van der Waals surface area (Å²) in [5.41, 5.74) is 1.91. The molecule has 6 nitrogen and oxygen atoms in total. The highest BCUT2D eigenvalue weighted by Gasteiger charge is 2.56. The van der Waals surface area contributed by atoms with Crippen molar-refractivity contribution in [1.82, 2.24) is 5.32 Å². The van der Waals surface area contributed by atoms with Crippen LogP contribution < -0.4 is 20.1 Å². The fourth-order valence-electron chi connectivity index (χ4n) is 3.15. The predicted molar refractivity (Wildman–Crippen MR) is 108 cm³/mol. The van der Waals surface area contributed by atoms with Crippen molar-refractivity contribution in [2.45, 2.75) is 26.7 Å². The van der Waals surface area contributed by atoms with E-state index >= 15 is 0 Å². The molecule has 0 unspecified atom stereocenters. The molecule has 1 aliphatic carbocycles. The Morgan fingerprint density at radius 2 is 1.57 bits per heavy atom. The zero-order chi connectivity index (χ0) is 20.1. The second kappa shape index (κ2) is 8.33. The van der Waals surface area contributed by atoms with Crippen LogP contribution in [0.5, 0.6) is 11.5 Å². The summed E-state index contributed by atoms with van der Waals surface area (Å²) in [7, 11) is 1.61. The highest BCUT2D eigenvalue weighted by molar-refractivity contribution is 6.13. The van der Waals surface area contributed by atoms with E-state index in [4.69, 9.17) is 9.47 Å². The smallest absolute Gasteiger partial charge is 0.240 e. The average molecular weight is 382 g/mol. The van der Waals surface area contributed by atoms with Crippen LogP contribution in [0.2, 0.25) is 0 Å². The minimum atomic E-state index is -0.961. The van der Waals surface area contributed by atoms with Crippen LogP contribution in [0.4, 0.5) is 5.69 Å². The van der Waals surface area contributed by atoms with Crippen molar-refractivity contribution >= 4 is 17.5 Å². The lowest BCUT2D eigenvalue weighted by Crippen LogP contribution is -2.41.